The highest BCUT2D eigenvalue weighted by Gasteiger charge is 2.17. The number of rotatable bonds is 2. The summed E-state index contributed by atoms with van der Waals surface area (Å²) in [6, 6.07) is 8.50. The van der Waals surface area contributed by atoms with Gasteiger partial charge < -0.3 is 11.1 Å². The van der Waals surface area contributed by atoms with Crippen molar-refractivity contribution in [2.45, 2.75) is 13.1 Å². The van der Waals surface area contributed by atoms with E-state index in [1.807, 2.05) is 0 Å². The Labute approximate surface area is 91.3 Å². The molecule has 0 amide bonds. The molecule has 0 radical (unpaired) electrons. The lowest BCUT2D eigenvalue weighted by atomic mass is 10.1. The maximum atomic E-state index is 6.22. The number of nitrogens with zero attached hydrogens (tertiary/aromatic N) is 1. The van der Waals surface area contributed by atoms with Gasteiger partial charge in [0, 0.05) is 26.2 Å². The number of benzene rings is 1. The molecule has 0 saturated carbocycles. The zero-order valence-electron chi connectivity index (χ0n) is 9.24. The van der Waals surface area contributed by atoms with E-state index in [9.17, 15) is 0 Å². The molecule has 0 bridgehead atoms. The van der Waals surface area contributed by atoms with Gasteiger partial charge in [-0.15, -0.1) is 0 Å². The van der Waals surface area contributed by atoms with Crippen LogP contribution in [-0.2, 0) is 0 Å². The third kappa shape index (κ3) is 2.56. The second kappa shape index (κ2) is 4.75. The Bertz CT molecular complexity index is 301. The van der Waals surface area contributed by atoms with E-state index in [4.69, 9.17) is 5.73 Å². The fraction of sp³-hybridized carbons (Fsp3) is 0.500. The first kappa shape index (κ1) is 10.6. The van der Waals surface area contributed by atoms with Gasteiger partial charge in [0.15, 0.2) is 0 Å². The molecule has 1 heterocycles. The minimum absolute atomic E-state index is 0.0488. The van der Waals surface area contributed by atoms with Gasteiger partial charge in [0.2, 0.25) is 0 Å². The van der Waals surface area contributed by atoms with Gasteiger partial charge in [0.05, 0.1) is 6.17 Å². The first-order valence-corrected chi connectivity index (χ1v) is 5.54. The third-order valence-corrected chi connectivity index (χ3v) is 2.96. The standard InChI is InChI=1S/C12H19N3/c1-10-2-4-11(5-3-10)12(13)15-8-6-14-7-9-15/h2-5,12,14H,6-9,13H2,1H3. The fourth-order valence-corrected chi connectivity index (χ4v) is 1.93. The predicted octanol–water partition coefficient (Wildman–Crippen LogP) is 0.858. The van der Waals surface area contributed by atoms with Crippen LogP contribution < -0.4 is 11.1 Å². The van der Waals surface area contributed by atoms with Gasteiger partial charge in [-0.05, 0) is 12.5 Å². The van der Waals surface area contributed by atoms with Crippen molar-refractivity contribution >= 4 is 0 Å². The van der Waals surface area contributed by atoms with Crippen molar-refractivity contribution in [1.29, 1.82) is 0 Å². The molecule has 1 atom stereocenters. The molecule has 2 rings (SSSR count). The molecular weight excluding hydrogens is 186 g/mol. The molecule has 0 aliphatic carbocycles. The first-order chi connectivity index (χ1) is 7.27. The molecule has 0 spiro atoms. The maximum absolute atomic E-state index is 6.22. The van der Waals surface area contributed by atoms with Crippen molar-refractivity contribution in [2.75, 3.05) is 26.2 Å². The number of aryl methyl sites for hydroxylation is 1. The molecular formula is C12H19N3. The zero-order chi connectivity index (χ0) is 10.7. The fourth-order valence-electron chi connectivity index (χ4n) is 1.93. The lowest BCUT2D eigenvalue weighted by molar-refractivity contribution is 0.177. The van der Waals surface area contributed by atoms with E-state index >= 15 is 0 Å². The molecule has 1 aliphatic rings. The summed E-state index contributed by atoms with van der Waals surface area (Å²) in [6.45, 7) is 6.25. The zero-order valence-corrected chi connectivity index (χ0v) is 9.24. The Kier molecular flexibility index (Phi) is 3.36. The van der Waals surface area contributed by atoms with E-state index in [1.165, 1.54) is 11.1 Å². The molecule has 15 heavy (non-hydrogen) atoms. The molecule has 82 valence electrons. The Morgan fingerprint density at radius 2 is 1.80 bits per heavy atom. The van der Waals surface area contributed by atoms with Gasteiger partial charge in [-0.1, -0.05) is 29.8 Å². The summed E-state index contributed by atoms with van der Waals surface area (Å²) in [5.41, 5.74) is 8.71. The monoisotopic (exact) mass is 205 g/mol. The van der Waals surface area contributed by atoms with Crippen LogP contribution in [0.2, 0.25) is 0 Å². The summed E-state index contributed by atoms with van der Waals surface area (Å²) in [5.74, 6) is 0. The maximum Gasteiger partial charge on any atom is 0.0836 e. The normalized spacial score (nSPS) is 20.1. The molecule has 3 nitrogen and oxygen atoms in total. The highest BCUT2D eigenvalue weighted by molar-refractivity contribution is 5.23. The van der Waals surface area contributed by atoms with E-state index in [2.05, 4.69) is 41.4 Å². The van der Waals surface area contributed by atoms with Gasteiger partial charge in [0.1, 0.15) is 0 Å². The average Bonchev–Trinajstić information content (AvgIpc) is 2.30. The number of hydrogen-bond acceptors (Lipinski definition) is 3. The second-order valence-corrected chi connectivity index (χ2v) is 4.14. The lowest BCUT2D eigenvalue weighted by Crippen LogP contribution is -2.47. The van der Waals surface area contributed by atoms with Gasteiger partial charge in [-0.2, -0.15) is 0 Å². The van der Waals surface area contributed by atoms with E-state index in [0.29, 0.717) is 0 Å². The molecule has 1 aromatic carbocycles. The van der Waals surface area contributed by atoms with E-state index in [0.717, 1.165) is 26.2 Å². The summed E-state index contributed by atoms with van der Waals surface area (Å²) in [6.07, 6.45) is 0.0488. The largest absolute Gasteiger partial charge is 0.314 e. The minimum Gasteiger partial charge on any atom is -0.314 e. The highest BCUT2D eigenvalue weighted by atomic mass is 15.3. The molecule has 1 saturated heterocycles. The Morgan fingerprint density at radius 1 is 1.20 bits per heavy atom. The number of piperazine rings is 1. The molecule has 3 N–H and O–H groups in total. The number of nitrogens with two attached hydrogens (primary N) is 1. The van der Waals surface area contributed by atoms with Crippen LogP contribution >= 0.6 is 0 Å². The predicted molar refractivity (Wildman–Crippen MR) is 62.6 cm³/mol. The van der Waals surface area contributed by atoms with Crippen molar-refractivity contribution in [2.24, 2.45) is 5.73 Å². The minimum atomic E-state index is 0.0488. The van der Waals surface area contributed by atoms with Gasteiger partial charge in [-0.3, -0.25) is 4.90 Å². The van der Waals surface area contributed by atoms with Gasteiger partial charge in [-0.25, -0.2) is 0 Å². The topological polar surface area (TPSA) is 41.3 Å². The Hall–Kier alpha value is -0.900. The summed E-state index contributed by atoms with van der Waals surface area (Å²) >= 11 is 0. The van der Waals surface area contributed by atoms with Gasteiger partial charge in [0.25, 0.3) is 0 Å². The van der Waals surface area contributed by atoms with Crippen molar-refractivity contribution in [3.8, 4) is 0 Å². The van der Waals surface area contributed by atoms with Crippen LogP contribution in [0.5, 0.6) is 0 Å². The Balaban J connectivity index is 2.05. The summed E-state index contributed by atoms with van der Waals surface area (Å²) in [5, 5.41) is 3.33. The van der Waals surface area contributed by atoms with Crippen LogP contribution in [0.15, 0.2) is 24.3 Å². The van der Waals surface area contributed by atoms with E-state index < -0.39 is 0 Å². The van der Waals surface area contributed by atoms with Crippen LogP contribution in [0.25, 0.3) is 0 Å². The Morgan fingerprint density at radius 3 is 2.40 bits per heavy atom. The molecule has 1 aromatic rings. The van der Waals surface area contributed by atoms with Crippen molar-refractivity contribution in [3.63, 3.8) is 0 Å². The molecule has 1 fully saturated rings. The molecule has 3 heteroatoms. The van der Waals surface area contributed by atoms with E-state index in [-0.39, 0.29) is 6.17 Å². The third-order valence-electron chi connectivity index (χ3n) is 2.96. The van der Waals surface area contributed by atoms with Crippen LogP contribution in [0, 0.1) is 6.92 Å². The molecule has 1 aliphatic heterocycles. The smallest absolute Gasteiger partial charge is 0.0836 e. The highest BCUT2D eigenvalue weighted by Crippen LogP contribution is 2.15. The quantitative estimate of drug-likeness (QED) is 0.752. The van der Waals surface area contributed by atoms with Crippen LogP contribution in [0.4, 0.5) is 0 Å². The van der Waals surface area contributed by atoms with Crippen molar-refractivity contribution in [1.82, 2.24) is 10.2 Å². The van der Waals surface area contributed by atoms with Crippen LogP contribution in [0.1, 0.15) is 17.3 Å². The van der Waals surface area contributed by atoms with Crippen LogP contribution in [0.3, 0.4) is 0 Å². The first-order valence-electron chi connectivity index (χ1n) is 5.54. The van der Waals surface area contributed by atoms with Gasteiger partial charge >= 0.3 is 0 Å². The van der Waals surface area contributed by atoms with Crippen molar-refractivity contribution in [3.05, 3.63) is 35.4 Å². The number of hydrogen-bond donors (Lipinski definition) is 2. The van der Waals surface area contributed by atoms with E-state index in [1.54, 1.807) is 0 Å². The summed E-state index contributed by atoms with van der Waals surface area (Å²) < 4.78 is 0. The summed E-state index contributed by atoms with van der Waals surface area (Å²) in [4.78, 5) is 2.32. The molecule has 1 unspecified atom stereocenters. The summed E-state index contributed by atoms with van der Waals surface area (Å²) in [7, 11) is 0. The average molecular weight is 205 g/mol. The lowest BCUT2D eigenvalue weighted by Gasteiger charge is -2.32. The SMILES string of the molecule is Cc1ccc(C(N)N2CCNCC2)cc1. The second-order valence-electron chi connectivity index (χ2n) is 4.14. The number of nitrogens with one attached hydrogen (secondary N) is 1. The van der Waals surface area contributed by atoms with Crippen LogP contribution in [-0.4, -0.2) is 31.1 Å². The molecule has 0 aromatic heterocycles. The van der Waals surface area contributed by atoms with Crippen molar-refractivity contribution < 1.29 is 0 Å².